The zero-order valence-electron chi connectivity index (χ0n) is 10.7. The predicted octanol–water partition coefficient (Wildman–Crippen LogP) is 2.49. The number of benzene rings is 2. The van der Waals surface area contributed by atoms with Crippen molar-refractivity contribution in [1.29, 1.82) is 0 Å². The number of rotatable bonds is 3. The molecule has 0 saturated heterocycles. The number of amides is 1. The van der Waals surface area contributed by atoms with Crippen LogP contribution in [0.4, 0.5) is 5.69 Å². The van der Waals surface area contributed by atoms with Gasteiger partial charge in [-0.3, -0.25) is 9.35 Å². The van der Waals surface area contributed by atoms with E-state index < -0.39 is 10.1 Å². The molecule has 5 nitrogen and oxygen atoms in total. The molecule has 2 aromatic rings. The summed E-state index contributed by atoms with van der Waals surface area (Å²) in [6.45, 7) is 1.65. The molecule has 2 aromatic carbocycles. The third kappa shape index (κ3) is 3.23. The summed E-state index contributed by atoms with van der Waals surface area (Å²) in [5, 5.41) is 2.69. The molecule has 0 saturated carbocycles. The highest BCUT2D eigenvalue weighted by Gasteiger charge is 2.12. The van der Waals surface area contributed by atoms with E-state index in [-0.39, 0.29) is 10.8 Å². The van der Waals surface area contributed by atoms with Crippen LogP contribution in [0.25, 0.3) is 0 Å². The van der Waals surface area contributed by atoms with E-state index in [0.717, 1.165) is 0 Å². The van der Waals surface area contributed by atoms with Crippen LogP contribution >= 0.6 is 0 Å². The van der Waals surface area contributed by atoms with Gasteiger partial charge in [0.25, 0.3) is 16.0 Å². The summed E-state index contributed by atoms with van der Waals surface area (Å²) < 4.78 is 31.0. The SMILES string of the molecule is Cc1cc(S(=O)(=O)O)ccc1NC(=O)c1ccccc1. The third-order valence-corrected chi connectivity index (χ3v) is 3.63. The van der Waals surface area contributed by atoms with E-state index in [1.54, 1.807) is 31.2 Å². The fourth-order valence-electron chi connectivity index (χ4n) is 1.72. The number of carbonyl (C=O) groups is 1. The first-order valence-corrected chi connectivity index (χ1v) is 7.26. The fourth-order valence-corrected chi connectivity index (χ4v) is 2.29. The van der Waals surface area contributed by atoms with E-state index in [1.807, 2.05) is 6.07 Å². The lowest BCUT2D eigenvalue weighted by atomic mass is 10.1. The van der Waals surface area contributed by atoms with Gasteiger partial charge in [0.05, 0.1) is 4.90 Å². The van der Waals surface area contributed by atoms with Crippen molar-refractivity contribution in [2.75, 3.05) is 5.32 Å². The maximum absolute atomic E-state index is 12.0. The number of nitrogens with one attached hydrogen (secondary N) is 1. The molecule has 2 N–H and O–H groups in total. The molecule has 0 fully saturated rings. The van der Waals surface area contributed by atoms with Crippen LogP contribution in [0, 0.1) is 6.92 Å². The summed E-state index contributed by atoms with van der Waals surface area (Å²) in [4.78, 5) is 11.8. The smallest absolute Gasteiger partial charge is 0.294 e. The topological polar surface area (TPSA) is 83.5 Å². The Balaban J connectivity index is 2.25. The van der Waals surface area contributed by atoms with Crippen LogP contribution in [0.15, 0.2) is 53.4 Å². The lowest BCUT2D eigenvalue weighted by molar-refractivity contribution is 0.102. The predicted molar refractivity (Wildman–Crippen MR) is 75.4 cm³/mol. The Bertz CT molecular complexity index is 739. The maximum atomic E-state index is 12.0. The Hall–Kier alpha value is -2.18. The lowest BCUT2D eigenvalue weighted by Gasteiger charge is -2.09. The number of hydrogen-bond acceptors (Lipinski definition) is 3. The highest BCUT2D eigenvalue weighted by molar-refractivity contribution is 7.85. The van der Waals surface area contributed by atoms with Crippen LogP contribution in [0.2, 0.25) is 0 Å². The van der Waals surface area contributed by atoms with Crippen LogP contribution in [0.3, 0.4) is 0 Å². The molecule has 0 spiro atoms. The van der Waals surface area contributed by atoms with Gasteiger partial charge in [0.15, 0.2) is 0 Å². The number of hydrogen-bond donors (Lipinski definition) is 2. The maximum Gasteiger partial charge on any atom is 0.294 e. The Morgan fingerprint density at radius 2 is 1.75 bits per heavy atom. The van der Waals surface area contributed by atoms with Gasteiger partial charge < -0.3 is 5.32 Å². The minimum atomic E-state index is -4.24. The molecule has 0 aliphatic heterocycles. The zero-order valence-corrected chi connectivity index (χ0v) is 11.5. The van der Waals surface area contributed by atoms with Crippen LogP contribution in [-0.2, 0) is 10.1 Å². The normalized spacial score (nSPS) is 11.1. The Morgan fingerprint density at radius 1 is 1.10 bits per heavy atom. The molecule has 2 rings (SSSR count). The van der Waals surface area contributed by atoms with Gasteiger partial charge in [0.2, 0.25) is 0 Å². The molecular weight excluding hydrogens is 278 g/mol. The second kappa shape index (κ2) is 5.44. The molecule has 0 aliphatic carbocycles. The Kier molecular flexibility index (Phi) is 3.87. The molecule has 0 atom stereocenters. The van der Waals surface area contributed by atoms with Crippen molar-refractivity contribution in [3.8, 4) is 0 Å². The van der Waals surface area contributed by atoms with Gasteiger partial charge in [-0.2, -0.15) is 8.42 Å². The van der Waals surface area contributed by atoms with Crippen molar-refractivity contribution in [3.63, 3.8) is 0 Å². The summed E-state index contributed by atoms with van der Waals surface area (Å²) in [6.07, 6.45) is 0. The summed E-state index contributed by atoms with van der Waals surface area (Å²) >= 11 is 0. The van der Waals surface area contributed by atoms with Gasteiger partial charge in [0, 0.05) is 11.3 Å². The highest BCUT2D eigenvalue weighted by atomic mass is 32.2. The quantitative estimate of drug-likeness (QED) is 0.851. The average molecular weight is 291 g/mol. The number of aryl methyl sites for hydroxylation is 1. The molecule has 0 bridgehead atoms. The van der Waals surface area contributed by atoms with Gasteiger partial charge in [0.1, 0.15) is 0 Å². The fraction of sp³-hybridized carbons (Fsp3) is 0.0714. The van der Waals surface area contributed by atoms with Crippen LogP contribution in [-0.4, -0.2) is 18.9 Å². The first-order chi connectivity index (χ1) is 9.38. The first-order valence-electron chi connectivity index (χ1n) is 5.82. The molecule has 6 heteroatoms. The largest absolute Gasteiger partial charge is 0.322 e. The first kappa shape index (κ1) is 14.2. The van der Waals surface area contributed by atoms with E-state index >= 15 is 0 Å². The molecule has 0 heterocycles. The summed E-state index contributed by atoms with van der Waals surface area (Å²) in [6, 6.07) is 12.7. The van der Waals surface area contributed by atoms with Gasteiger partial charge in [-0.15, -0.1) is 0 Å². The third-order valence-electron chi connectivity index (χ3n) is 2.78. The van der Waals surface area contributed by atoms with Crippen LogP contribution in [0.5, 0.6) is 0 Å². The van der Waals surface area contributed by atoms with Crippen molar-refractivity contribution in [2.45, 2.75) is 11.8 Å². The average Bonchev–Trinajstić information content (AvgIpc) is 2.41. The number of carbonyl (C=O) groups excluding carboxylic acids is 1. The second-order valence-corrected chi connectivity index (χ2v) is 5.69. The Morgan fingerprint density at radius 3 is 2.30 bits per heavy atom. The molecule has 0 aromatic heterocycles. The molecule has 20 heavy (non-hydrogen) atoms. The van der Waals surface area contributed by atoms with Crippen molar-refractivity contribution in [1.82, 2.24) is 0 Å². The lowest BCUT2D eigenvalue weighted by Crippen LogP contribution is -2.12. The molecule has 104 valence electrons. The zero-order chi connectivity index (χ0) is 14.8. The standard InChI is InChI=1S/C14H13NO4S/c1-10-9-12(20(17,18)19)7-8-13(10)15-14(16)11-5-3-2-4-6-11/h2-9H,1H3,(H,15,16)(H,17,18,19). The Labute approximate surface area is 117 Å². The van der Waals surface area contributed by atoms with E-state index in [0.29, 0.717) is 16.8 Å². The van der Waals surface area contributed by atoms with Gasteiger partial charge in [-0.1, -0.05) is 18.2 Å². The molecule has 0 aliphatic rings. The summed E-state index contributed by atoms with van der Waals surface area (Å²) in [5.74, 6) is -0.284. The minimum absolute atomic E-state index is 0.201. The summed E-state index contributed by atoms with van der Waals surface area (Å²) in [7, 11) is -4.24. The number of anilines is 1. The van der Waals surface area contributed by atoms with Crippen molar-refractivity contribution < 1.29 is 17.8 Å². The van der Waals surface area contributed by atoms with E-state index in [1.165, 1.54) is 18.2 Å². The minimum Gasteiger partial charge on any atom is -0.322 e. The monoisotopic (exact) mass is 291 g/mol. The molecule has 0 unspecified atom stereocenters. The van der Waals surface area contributed by atoms with Crippen LogP contribution < -0.4 is 5.32 Å². The van der Waals surface area contributed by atoms with Gasteiger partial charge >= 0.3 is 0 Å². The molecule has 0 radical (unpaired) electrons. The van der Waals surface area contributed by atoms with Gasteiger partial charge in [-0.25, -0.2) is 0 Å². The van der Waals surface area contributed by atoms with Crippen molar-refractivity contribution >= 4 is 21.7 Å². The van der Waals surface area contributed by atoms with Crippen LogP contribution in [0.1, 0.15) is 15.9 Å². The van der Waals surface area contributed by atoms with E-state index in [2.05, 4.69) is 5.32 Å². The molecular formula is C14H13NO4S. The van der Waals surface area contributed by atoms with Crippen molar-refractivity contribution in [2.24, 2.45) is 0 Å². The summed E-state index contributed by atoms with van der Waals surface area (Å²) in [5.41, 5.74) is 1.54. The van der Waals surface area contributed by atoms with Crippen molar-refractivity contribution in [3.05, 3.63) is 59.7 Å². The second-order valence-electron chi connectivity index (χ2n) is 4.27. The van der Waals surface area contributed by atoms with E-state index in [9.17, 15) is 13.2 Å². The molecule has 1 amide bonds. The highest BCUT2D eigenvalue weighted by Crippen LogP contribution is 2.20. The van der Waals surface area contributed by atoms with Gasteiger partial charge in [-0.05, 0) is 42.8 Å². The van der Waals surface area contributed by atoms with E-state index in [4.69, 9.17) is 4.55 Å².